The Balaban J connectivity index is 1.29. The number of hydrogen-bond donors (Lipinski definition) is 0. The maximum atomic E-state index is 6.65. The number of benzene rings is 5. The first-order valence-electron chi connectivity index (χ1n) is 14.5. The molecule has 0 saturated heterocycles. The molecule has 0 aliphatic heterocycles. The summed E-state index contributed by atoms with van der Waals surface area (Å²) in [5, 5.41) is 4.39. The zero-order valence-corrected chi connectivity index (χ0v) is 23.4. The van der Waals surface area contributed by atoms with Crippen LogP contribution in [0.25, 0.3) is 83.7 Å². The third kappa shape index (κ3) is 3.82. The molecular formula is C38H23N5O. The molecule has 5 aromatic carbocycles. The Morgan fingerprint density at radius 3 is 2.02 bits per heavy atom. The van der Waals surface area contributed by atoms with Crippen molar-refractivity contribution in [1.29, 1.82) is 0 Å². The van der Waals surface area contributed by atoms with Gasteiger partial charge in [-0.15, -0.1) is 0 Å². The molecule has 9 aromatic rings. The summed E-state index contributed by atoms with van der Waals surface area (Å²) in [4.78, 5) is 19.1. The number of nitrogens with zero attached hydrogens (tertiary/aromatic N) is 5. The van der Waals surface area contributed by atoms with E-state index in [1.807, 2.05) is 66.7 Å². The van der Waals surface area contributed by atoms with E-state index in [9.17, 15) is 0 Å². The van der Waals surface area contributed by atoms with E-state index in [2.05, 4.69) is 76.3 Å². The number of fused-ring (bicyclic) bond motifs is 7. The number of hydrogen-bond acceptors (Lipinski definition) is 5. The van der Waals surface area contributed by atoms with Gasteiger partial charge >= 0.3 is 0 Å². The molecule has 0 N–H and O–H groups in total. The van der Waals surface area contributed by atoms with Crippen LogP contribution in [0.3, 0.4) is 0 Å². The summed E-state index contributed by atoms with van der Waals surface area (Å²) in [5.74, 6) is 1.71. The Labute approximate surface area is 251 Å². The van der Waals surface area contributed by atoms with E-state index >= 15 is 0 Å². The quantitative estimate of drug-likeness (QED) is 0.213. The van der Waals surface area contributed by atoms with Crippen LogP contribution in [-0.2, 0) is 0 Å². The van der Waals surface area contributed by atoms with Crippen molar-refractivity contribution in [2.75, 3.05) is 0 Å². The van der Waals surface area contributed by atoms with Gasteiger partial charge in [0.15, 0.2) is 23.1 Å². The first kappa shape index (κ1) is 24.5. The van der Waals surface area contributed by atoms with Gasteiger partial charge in [0.05, 0.1) is 11.0 Å². The summed E-state index contributed by atoms with van der Waals surface area (Å²) in [6.45, 7) is 0. The highest BCUT2D eigenvalue weighted by Crippen LogP contribution is 2.41. The molecule has 0 fully saturated rings. The molecule has 206 valence electrons. The highest BCUT2D eigenvalue weighted by atomic mass is 16.3. The van der Waals surface area contributed by atoms with Crippen molar-refractivity contribution in [1.82, 2.24) is 24.5 Å². The Morgan fingerprint density at radius 2 is 1.20 bits per heavy atom. The van der Waals surface area contributed by atoms with Gasteiger partial charge in [0.2, 0.25) is 0 Å². The highest BCUT2D eigenvalue weighted by molar-refractivity contribution is 6.21. The second kappa shape index (κ2) is 9.71. The lowest BCUT2D eigenvalue weighted by atomic mass is 10.1. The zero-order valence-electron chi connectivity index (χ0n) is 23.4. The average molecular weight is 566 g/mol. The van der Waals surface area contributed by atoms with Gasteiger partial charge in [0.25, 0.3) is 0 Å². The summed E-state index contributed by atoms with van der Waals surface area (Å²) in [7, 11) is 0. The molecule has 0 saturated carbocycles. The van der Waals surface area contributed by atoms with Gasteiger partial charge in [-0.3, -0.25) is 4.98 Å². The van der Waals surface area contributed by atoms with E-state index in [0.717, 1.165) is 55.2 Å². The summed E-state index contributed by atoms with van der Waals surface area (Å²) in [6, 6.07) is 45.2. The van der Waals surface area contributed by atoms with Crippen molar-refractivity contribution in [2.24, 2.45) is 0 Å². The normalized spacial score (nSPS) is 11.6. The number of aromatic nitrogens is 5. The Morgan fingerprint density at radius 1 is 0.500 bits per heavy atom. The van der Waals surface area contributed by atoms with Crippen LogP contribution in [0.15, 0.2) is 144 Å². The molecule has 0 atom stereocenters. The molecule has 44 heavy (non-hydrogen) atoms. The topological polar surface area (TPSA) is 69.6 Å². The summed E-state index contributed by atoms with van der Waals surface area (Å²) in [6.07, 6.45) is 1.75. The molecule has 4 heterocycles. The summed E-state index contributed by atoms with van der Waals surface area (Å²) >= 11 is 0. The third-order valence-corrected chi connectivity index (χ3v) is 8.11. The van der Waals surface area contributed by atoms with Crippen molar-refractivity contribution >= 4 is 43.7 Å². The minimum Gasteiger partial charge on any atom is -0.454 e. The number of para-hydroxylation sites is 2. The fourth-order valence-corrected chi connectivity index (χ4v) is 6.10. The summed E-state index contributed by atoms with van der Waals surface area (Å²) < 4.78 is 8.95. The van der Waals surface area contributed by atoms with Crippen molar-refractivity contribution in [3.05, 3.63) is 140 Å². The van der Waals surface area contributed by atoms with E-state index in [1.54, 1.807) is 6.20 Å². The van der Waals surface area contributed by atoms with Crippen molar-refractivity contribution in [2.45, 2.75) is 0 Å². The summed E-state index contributed by atoms with van der Waals surface area (Å²) in [5.41, 5.74) is 7.43. The van der Waals surface area contributed by atoms with Crippen LogP contribution < -0.4 is 0 Å². The van der Waals surface area contributed by atoms with Crippen LogP contribution in [-0.4, -0.2) is 24.5 Å². The zero-order chi connectivity index (χ0) is 29.0. The molecule has 0 aliphatic carbocycles. The van der Waals surface area contributed by atoms with Gasteiger partial charge in [-0.2, -0.15) is 0 Å². The second-order valence-corrected chi connectivity index (χ2v) is 10.7. The first-order chi connectivity index (χ1) is 21.8. The first-order valence-corrected chi connectivity index (χ1v) is 14.5. The molecular weight excluding hydrogens is 542 g/mol. The molecule has 9 rings (SSSR count). The molecule has 0 aliphatic rings. The molecule has 6 heteroatoms. The van der Waals surface area contributed by atoms with Crippen molar-refractivity contribution in [3.8, 4) is 40.0 Å². The van der Waals surface area contributed by atoms with E-state index in [-0.39, 0.29) is 0 Å². The number of pyridine rings is 1. The lowest BCUT2D eigenvalue weighted by Crippen LogP contribution is -2.00. The predicted octanol–water partition coefficient (Wildman–Crippen LogP) is 9.26. The Kier molecular flexibility index (Phi) is 5.40. The maximum absolute atomic E-state index is 6.65. The minimum absolute atomic E-state index is 0.528. The van der Waals surface area contributed by atoms with Crippen LogP contribution in [0.5, 0.6) is 0 Å². The molecule has 0 radical (unpaired) electrons. The standard InChI is InChI=1S/C38H23N5O/c1-3-11-24(12-4-1)36-40-37(42-38(41-36)31-16-9-10-22-39-31)25-18-21-33-30(23-25)29-20-19-28-27-15-7-8-17-32(27)43(34(28)35(29)44-33)26-13-5-2-6-14-26/h1-23H. The fraction of sp³-hybridized carbons (Fsp3) is 0. The Bertz CT molecular complexity index is 2430. The lowest BCUT2D eigenvalue weighted by Gasteiger charge is -2.08. The van der Waals surface area contributed by atoms with Gasteiger partial charge in [0.1, 0.15) is 11.3 Å². The smallest absolute Gasteiger partial charge is 0.182 e. The molecule has 0 spiro atoms. The fourth-order valence-electron chi connectivity index (χ4n) is 6.10. The van der Waals surface area contributed by atoms with Crippen LogP contribution in [0.1, 0.15) is 0 Å². The predicted molar refractivity (Wildman–Crippen MR) is 176 cm³/mol. The molecule has 0 bridgehead atoms. The van der Waals surface area contributed by atoms with Gasteiger partial charge in [-0.25, -0.2) is 15.0 Å². The van der Waals surface area contributed by atoms with E-state index in [4.69, 9.17) is 19.4 Å². The average Bonchev–Trinajstić information content (AvgIpc) is 3.65. The molecule has 0 unspecified atom stereocenters. The van der Waals surface area contributed by atoms with Gasteiger partial charge in [-0.1, -0.05) is 78.9 Å². The maximum Gasteiger partial charge on any atom is 0.182 e. The monoisotopic (exact) mass is 565 g/mol. The van der Waals surface area contributed by atoms with E-state index in [1.165, 1.54) is 5.39 Å². The van der Waals surface area contributed by atoms with E-state index in [0.29, 0.717) is 23.2 Å². The highest BCUT2D eigenvalue weighted by Gasteiger charge is 2.20. The van der Waals surface area contributed by atoms with Crippen LogP contribution in [0.4, 0.5) is 0 Å². The van der Waals surface area contributed by atoms with Crippen LogP contribution in [0.2, 0.25) is 0 Å². The van der Waals surface area contributed by atoms with Crippen LogP contribution >= 0.6 is 0 Å². The largest absolute Gasteiger partial charge is 0.454 e. The van der Waals surface area contributed by atoms with E-state index < -0.39 is 0 Å². The lowest BCUT2D eigenvalue weighted by molar-refractivity contribution is 0.671. The third-order valence-electron chi connectivity index (χ3n) is 8.11. The SMILES string of the molecule is c1ccc(-c2nc(-c3ccc4oc5c(ccc6c7ccccc7n(-c7ccccc7)c65)c4c3)nc(-c3ccccn3)n2)cc1. The second-order valence-electron chi connectivity index (χ2n) is 10.7. The van der Waals surface area contributed by atoms with Crippen molar-refractivity contribution in [3.63, 3.8) is 0 Å². The minimum atomic E-state index is 0.528. The number of furan rings is 1. The van der Waals surface area contributed by atoms with Gasteiger partial charge < -0.3 is 8.98 Å². The van der Waals surface area contributed by atoms with Crippen molar-refractivity contribution < 1.29 is 4.42 Å². The van der Waals surface area contributed by atoms with Gasteiger partial charge in [0, 0.05) is 44.6 Å². The molecule has 6 nitrogen and oxygen atoms in total. The number of rotatable bonds is 4. The molecule has 0 amide bonds. The Hall–Kier alpha value is -6.14. The molecule has 4 aromatic heterocycles. The van der Waals surface area contributed by atoms with Gasteiger partial charge in [-0.05, 0) is 54.6 Å². The van der Waals surface area contributed by atoms with Crippen LogP contribution in [0, 0.1) is 0 Å².